The second-order valence-electron chi connectivity index (χ2n) is 14.9. The van der Waals surface area contributed by atoms with E-state index >= 15 is 0 Å². The molecule has 6 nitrogen and oxygen atoms in total. The highest BCUT2D eigenvalue weighted by molar-refractivity contribution is 14.1. The van der Waals surface area contributed by atoms with E-state index in [1.165, 1.54) is 54.0 Å². The maximum absolute atomic E-state index is 13.0. The summed E-state index contributed by atoms with van der Waals surface area (Å²) >= 11 is 4.50. The summed E-state index contributed by atoms with van der Waals surface area (Å²) < 4.78 is 2.14. The second kappa shape index (κ2) is 17.6. The molecule has 0 radical (unpaired) electrons. The zero-order valence-corrected chi connectivity index (χ0v) is 35.8. The van der Waals surface area contributed by atoms with E-state index in [1.54, 1.807) is 0 Å². The SMILES string of the molecule is CCC(C)N1CCC(c2c[nH]c3ccc(C(=O)c4ccc(I)cc4)cc23)CC1.CCN1CCC(c2c[nH]c3ccc(C(=O)c4ccccc4I)cc23)CC1. The lowest BCUT2D eigenvalue weighted by Gasteiger charge is -2.35. The minimum Gasteiger partial charge on any atom is -0.361 e. The summed E-state index contributed by atoms with van der Waals surface area (Å²) in [5.41, 5.74) is 8.06. The number of nitrogens with one attached hydrogen (secondary N) is 2. The first-order valence-electron chi connectivity index (χ1n) is 19.5. The van der Waals surface area contributed by atoms with Gasteiger partial charge in [0.2, 0.25) is 0 Å². The molecule has 0 spiro atoms. The Labute approximate surface area is 346 Å². The number of H-pyrrole nitrogens is 2. The summed E-state index contributed by atoms with van der Waals surface area (Å²) in [6, 6.07) is 28.4. The number of fused-ring (bicyclic) bond motifs is 2. The van der Waals surface area contributed by atoms with Gasteiger partial charge in [-0.2, -0.15) is 0 Å². The van der Waals surface area contributed by atoms with Crippen LogP contribution in [-0.4, -0.2) is 70.1 Å². The lowest BCUT2D eigenvalue weighted by molar-refractivity contribution is 0.103. The molecular weight excluding hydrogens is 894 g/mol. The van der Waals surface area contributed by atoms with Gasteiger partial charge in [0.15, 0.2) is 11.6 Å². The summed E-state index contributed by atoms with van der Waals surface area (Å²) in [5.74, 6) is 1.34. The number of aromatic nitrogens is 2. The summed E-state index contributed by atoms with van der Waals surface area (Å²) in [4.78, 5) is 37.9. The smallest absolute Gasteiger partial charge is 0.194 e. The molecular formula is C46H50I2N4O2. The van der Waals surface area contributed by atoms with Crippen LogP contribution >= 0.6 is 45.2 Å². The Morgan fingerprint density at radius 1 is 0.685 bits per heavy atom. The molecule has 2 aliphatic heterocycles. The summed E-state index contributed by atoms with van der Waals surface area (Å²) in [6.07, 6.45) is 10.3. The van der Waals surface area contributed by atoms with Crippen molar-refractivity contribution in [3.8, 4) is 0 Å². The van der Waals surface area contributed by atoms with E-state index in [-0.39, 0.29) is 11.6 Å². The molecule has 2 fully saturated rings. The first kappa shape index (κ1) is 38.9. The zero-order chi connectivity index (χ0) is 37.8. The first-order chi connectivity index (χ1) is 26.2. The molecule has 1 unspecified atom stereocenters. The highest BCUT2D eigenvalue weighted by Gasteiger charge is 2.26. The highest BCUT2D eigenvalue weighted by Crippen LogP contribution is 2.36. The van der Waals surface area contributed by atoms with Gasteiger partial charge in [-0.3, -0.25) is 9.59 Å². The van der Waals surface area contributed by atoms with E-state index in [2.05, 4.69) is 110 Å². The monoisotopic (exact) mass is 944 g/mol. The highest BCUT2D eigenvalue weighted by atomic mass is 127. The van der Waals surface area contributed by atoms with Crippen LogP contribution in [0.1, 0.15) is 108 Å². The number of benzene rings is 4. The average molecular weight is 945 g/mol. The van der Waals surface area contributed by atoms with Gasteiger partial charge in [0.25, 0.3) is 0 Å². The Hall–Kier alpha value is -3.32. The molecule has 0 amide bonds. The number of aromatic amines is 2. The fraction of sp³-hybridized carbons (Fsp3) is 0.348. The topological polar surface area (TPSA) is 72.2 Å². The fourth-order valence-electron chi connectivity index (χ4n) is 8.28. The Bertz CT molecular complexity index is 2220. The van der Waals surface area contributed by atoms with Crippen molar-refractivity contribution in [3.63, 3.8) is 0 Å². The quantitative estimate of drug-likeness (QED) is 0.112. The Balaban J connectivity index is 0.000000167. The van der Waals surface area contributed by atoms with Gasteiger partial charge in [0.1, 0.15) is 0 Å². The average Bonchev–Trinajstić information content (AvgIpc) is 3.85. The number of likely N-dealkylation sites (tertiary alicyclic amines) is 2. The third kappa shape index (κ3) is 8.56. The van der Waals surface area contributed by atoms with Gasteiger partial charge in [-0.25, -0.2) is 0 Å². The molecule has 0 aliphatic carbocycles. The number of nitrogens with zero attached hydrogens (tertiary/aromatic N) is 2. The normalized spacial score (nSPS) is 16.7. The van der Waals surface area contributed by atoms with Crippen LogP contribution in [-0.2, 0) is 0 Å². The van der Waals surface area contributed by atoms with Gasteiger partial charge < -0.3 is 19.8 Å². The predicted molar refractivity (Wildman–Crippen MR) is 239 cm³/mol. The third-order valence-corrected chi connectivity index (χ3v) is 13.5. The van der Waals surface area contributed by atoms with Crippen LogP contribution in [0.5, 0.6) is 0 Å². The van der Waals surface area contributed by atoms with Crippen LogP contribution in [0.3, 0.4) is 0 Å². The standard InChI is InChI=1S/C24H27IN2O.C22H23IN2O/c1-3-16(2)27-12-10-17(11-13-27)22-15-26-23-9-6-19(14-21(22)23)24(28)18-4-7-20(25)8-5-18;1-2-25-11-9-15(10-12-25)19-14-24-21-8-7-16(13-18(19)21)22(26)17-5-3-4-6-20(17)23/h4-9,14-17,26H,3,10-13H2,1-2H3;3-8,13-15,24H,2,9-12H2,1H3. The molecule has 8 heteroatoms. The summed E-state index contributed by atoms with van der Waals surface area (Å²) in [6.45, 7) is 12.6. The largest absolute Gasteiger partial charge is 0.361 e. The number of carbonyl (C=O) groups is 2. The molecule has 0 bridgehead atoms. The van der Waals surface area contributed by atoms with Crippen LogP contribution in [0.2, 0.25) is 0 Å². The van der Waals surface area contributed by atoms with Gasteiger partial charge in [-0.15, -0.1) is 0 Å². The van der Waals surface area contributed by atoms with E-state index in [4.69, 9.17) is 0 Å². The lowest BCUT2D eigenvalue weighted by Crippen LogP contribution is -2.39. The minimum atomic E-state index is 0.0945. The van der Waals surface area contributed by atoms with Crippen molar-refractivity contribution in [2.75, 3.05) is 32.7 Å². The number of halogens is 2. The van der Waals surface area contributed by atoms with Gasteiger partial charge in [-0.05, 0) is 213 Å². The third-order valence-electron chi connectivity index (χ3n) is 11.8. The Morgan fingerprint density at radius 3 is 1.74 bits per heavy atom. The van der Waals surface area contributed by atoms with Crippen LogP contribution in [0.15, 0.2) is 97.3 Å². The molecule has 2 aromatic heterocycles. The Morgan fingerprint density at radius 2 is 1.20 bits per heavy atom. The lowest BCUT2D eigenvalue weighted by atomic mass is 9.88. The second-order valence-corrected chi connectivity index (χ2v) is 17.3. The maximum Gasteiger partial charge on any atom is 0.194 e. The van der Waals surface area contributed by atoms with Gasteiger partial charge >= 0.3 is 0 Å². The molecule has 2 N–H and O–H groups in total. The van der Waals surface area contributed by atoms with Crippen molar-refractivity contribution in [3.05, 3.63) is 138 Å². The number of hydrogen-bond donors (Lipinski definition) is 2. The molecule has 54 heavy (non-hydrogen) atoms. The molecule has 280 valence electrons. The van der Waals surface area contributed by atoms with Crippen LogP contribution in [0, 0.1) is 7.14 Å². The number of ketones is 2. The van der Waals surface area contributed by atoms with Crippen molar-refractivity contribution in [1.82, 2.24) is 19.8 Å². The predicted octanol–water partition coefficient (Wildman–Crippen LogP) is 11.2. The zero-order valence-electron chi connectivity index (χ0n) is 31.5. The first-order valence-corrected chi connectivity index (χ1v) is 21.7. The molecule has 2 aliphatic rings. The number of rotatable bonds is 9. The molecule has 4 aromatic carbocycles. The molecule has 4 heterocycles. The fourth-order valence-corrected chi connectivity index (χ4v) is 9.27. The molecule has 8 rings (SSSR count). The van der Waals surface area contributed by atoms with Crippen molar-refractivity contribution in [2.24, 2.45) is 0 Å². The van der Waals surface area contributed by atoms with E-state index in [1.807, 2.05) is 72.8 Å². The van der Waals surface area contributed by atoms with Gasteiger partial charge in [-0.1, -0.05) is 26.0 Å². The van der Waals surface area contributed by atoms with Crippen LogP contribution < -0.4 is 0 Å². The van der Waals surface area contributed by atoms with Crippen LogP contribution in [0.25, 0.3) is 21.8 Å². The van der Waals surface area contributed by atoms with Gasteiger partial charge in [0, 0.05) is 69.6 Å². The summed E-state index contributed by atoms with van der Waals surface area (Å²) in [7, 11) is 0. The molecule has 1 atom stereocenters. The number of piperidine rings is 2. The Kier molecular flexibility index (Phi) is 12.7. The summed E-state index contributed by atoms with van der Waals surface area (Å²) in [5, 5.41) is 2.41. The van der Waals surface area contributed by atoms with Gasteiger partial charge in [0.05, 0.1) is 0 Å². The van der Waals surface area contributed by atoms with Crippen molar-refractivity contribution in [1.29, 1.82) is 0 Å². The van der Waals surface area contributed by atoms with Crippen LogP contribution in [0.4, 0.5) is 0 Å². The molecule has 6 aromatic rings. The van der Waals surface area contributed by atoms with Crippen molar-refractivity contribution >= 4 is 78.6 Å². The number of carbonyl (C=O) groups excluding carboxylic acids is 2. The molecule has 0 saturated carbocycles. The molecule has 2 saturated heterocycles. The van der Waals surface area contributed by atoms with E-state index in [0.717, 1.165) is 73.2 Å². The van der Waals surface area contributed by atoms with E-state index < -0.39 is 0 Å². The number of hydrogen-bond acceptors (Lipinski definition) is 4. The van der Waals surface area contributed by atoms with E-state index in [9.17, 15) is 9.59 Å². The van der Waals surface area contributed by atoms with E-state index in [0.29, 0.717) is 17.9 Å². The maximum atomic E-state index is 13.0. The minimum absolute atomic E-state index is 0.0945. The van der Waals surface area contributed by atoms with Crippen molar-refractivity contribution in [2.45, 2.75) is 70.8 Å². The van der Waals surface area contributed by atoms with Crippen molar-refractivity contribution < 1.29 is 9.59 Å².